The molecule has 0 aliphatic carbocycles. The smallest absolute Gasteiger partial charge is 0.0233 e. The predicted molar refractivity (Wildman–Crippen MR) is 84.3 cm³/mol. The quantitative estimate of drug-likeness (QED) is 0.685. The van der Waals surface area contributed by atoms with Crippen LogP contribution in [0.1, 0.15) is 39.7 Å². The van der Waals surface area contributed by atoms with Crippen LogP contribution in [0.2, 0.25) is 0 Å². The van der Waals surface area contributed by atoms with E-state index in [1.807, 2.05) is 0 Å². The molecule has 19 heavy (non-hydrogen) atoms. The zero-order chi connectivity index (χ0) is 14.1. The molecule has 0 saturated heterocycles. The van der Waals surface area contributed by atoms with Gasteiger partial charge in [0.05, 0.1) is 0 Å². The van der Waals surface area contributed by atoms with Gasteiger partial charge in [-0.1, -0.05) is 58.0 Å². The molecule has 1 rings (SSSR count). The molecule has 1 N–H and O–H groups in total. The summed E-state index contributed by atoms with van der Waals surface area (Å²) in [6, 6.07) is 10.8. The molecular weight excluding hydrogens is 232 g/mol. The summed E-state index contributed by atoms with van der Waals surface area (Å²) in [6.45, 7) is 14.7. The van der Waals surface area contributed by atoms with Crippen LogP contribution < -0.4 is 5.32 Å². The first-order valence-electron chi connectivity index (χ1n) is 7.54. The Hall–Kier alpha value is -0.860. The van der Waals surface area contributed by atoms with Crippen molar-refractivity contribution in [2.45, 2.75) is 40.7 Å². The van der Waals surface area contributed by atoms with Gasteiger partial charge in [0.1, 0.15) is 0 Å². The summed E-state index contributed by atoms with van der Waals surface area (Å²) in [5.74, 6) is 0. The lowest BCUT2D eigenvalue weighted by molar-refractivity contribution is 0.174. The van der Waals surface area contributed by atoms with E-state index in [9.17, 15) is 0 Å². The zero-order valence-corrected chi connectivity index (χ0v) is 13.1. The summed E-state index contributed by atoms with van der Waals surface area (Å²) in [5, 5.41) is 3.54. The van der Waals surface area contributed by atoms with E-state index in [2.05, 4.69) is 68.2 Å². The molecule has 2 nitrogen and oxygen atoms in total. The molecule has 0 bridgehead atoms. The van der Waals surface area contributed by atoms with E-state index in [1.54, 1.807) is 0 Å². The Bertz CT molecular complexity index is 332. The van der Waals surface area contributed by atoms with Gasteiger partial charge in [-0.2, -0.15) is 0 Å². The van der Waals surface area contributed by atoms with Crippen molar-refractivity contribution in [2.75, 3.05) is 26.2 Å². The fourth-order valence-electron chi connectivity index (χ4n) is 2.39. The highest BCUT2D eigenvalue weighted by Crippen LogP contribution is 2.17. The van der Waals surface area contributed by atoms with Crippen LogP contribution in [0.4, 0.5) is 0 Å². The Kier molecular flexibility index (Phi) is 7.11. The van der Waals surface area contributed by atoms with Gasteiger partial charge >= 0.3 is 0 Å². The number of rotatable bonds is 9. The molecule has 0 saturated carbocycles. The Balaban J connectivity index is 2.46. The lowest BCUT2D eigenvalue weighted by Crippen LogP contribution is -2.40. The topological polar surface area (TPSA) is 15.3 Å². The van der Waals surface area contributed by atoms with Crippen LogP contribution >= 0.6 is 0 Å². The first-order chi connectivity index (χ1) is 9.07. The SMILES string of the molecule is CCCNCC(C)(C)CN(CC)Cc1ccccc1. The van der Waals surface area contributed by atoms with Crippen LogP contribution in [0.5, 0.6) is 0 Å². The van der Waals surface area contributed by atoms with Crippen molar-refractivity contribution in [1.29, 1.82) is 0 Å². The average Bonchev–Trinajstić information content (AvgIpc) is 2.39. The molecule has 0 aromatic heterocycles. The van der Waals surface area contributed by atoms with Crippen molar-refractivity contribution in [1.82, 2.24) is 10.2 Å². The van der Waals surface area contributed by atoms with Crippen molar-refractivity contribution >= 4 is 0 Å². The van der Waals surface area contributed by atoms with E-state index >= 15 is 0 Å². The summed E-state index contributed by atoms with van der Waals surface area (Å²) in [6.07, 6.45) is 1.21. The Morgan fingerprint density at radius 2 is 1.79 bits per heavy atom. The van der Waals surface area contributed by atoms with Gasteiger partial charge in [0, 0.05) is 19.6 Å². The van der Waals surface area contributed by atoms with Gasteiger partial charge in [0.15, 0.2) is 0 Å². The summed E-state index contributed by atoms with van der Waals surface area (Å²) in [4.78, 5) is 2.53. The molecule has 0 unspecified atom stereocenters. The molecule has 0 aliphatic rings. The fourth-order valence-corrected chi connectivity index (χ4v) is 2.39. The minimum absolute atomic E-state index is 0.319. The monoisotopic (exact) mass is 262 g/mol. The van der Waals surface area contributed by atoms with Gasteiger partial charge in [-0.15, -0.1) is 0 Å². The minimum Gasteiger partial charge on any atom is -0.316 e. The molecule has 0 fully saturated rings. The van der Waals surface area contributed by atoms with Crippen molar-refractivity contribution in [3.63, 3.8) is 0 Å². The summed E-state index contributed by atoms with van der Waals surface area (Å²) in [7, 11) is 0. The molecule has 0 amide bonds. The number of hydrogen-bond acceptors (Lipinski definition) is 2. The van der Waals surface area contributed by atoms with E-state index in [0.717, 1.165) is 32.7 Å². The first kappa shape index (κ1) is 16.2. The average molecular weight is 262 g/mol. The molecule has 0 spiro atoms. The molecule has 1 aromatic rings. The maximum absolute atomic E-state index is 3.54. The molecule has 2 heteroatoms. The van der Waals surface area contributed by atoms with Crippen molar-refractivity contribution < 1.29 is 0 Å². The molecular formula is C17H30N2. The summed E-state index contributed by atoms with van der Waals surface area (Å²) in [5.41, 5.74) is 1.72. The highest BCUT2D eigenvalue weighted by Gasteiger charge is 2.20. The van der Waals surface area contributed by atoms with E-state index in [1.165, 1.54) is 12.0 Å². The van der Waals surface area contributed by atoms with Crippen LogP contribution in [-0.2, 0) is 6.54 Å². The number of nitrogens with one attached hydrogen (secondary N) is 1. The van der Waals surface area contributed by atoms with Crippen molar-refractivity contribution in [3.05, 3.63) is 35.9 Å². The van der Waals surface area contributed by atoms with Gasteiger partial charge in [0.25, 0.3) is 0 Å². The highest BCUT2D eigenvalue weighted by molar-refractivity contribution is 5.14. The van der Waals surface area contributed by atoms with E-state index in [0.29, 0.717) is 5.41 Å². The molecule has 0 radical (unpaired) electrons. The molecule has 0 heterocycles. The summed E-state index contributed by atoms with van der Waals surface area (Å²) >= 11 is 0. The molecule has 1 aromatic carbocycles. The highest BCUT2D eigenvalue weighted by atomic mass is 15.1. The van der Waals surface area contributed by atoms with Gasteiger partial charge in [-0.05, 0) is 30.5 Å². The van der Waals surface area contributed by atoms with Crippen LogP contribution in [0, 0.1) is 5.41 Å². The van der Waals surface area contributed by atoms with Crippen LogP contribution in [0.25, 0.3) is 0 Å². The van der Waals surface area contributed by atoms with E-state index in [-0.39, 0.29) is 0 Å². The number of nitrogens with zero attached hydrogens (tertiary/aromatic N) is 1. The number of hydrogen-bond donors (Lipinski definition) is 1. The Morgan fingerprint density at radius 1 is 1.11 bits per heavy atom. The van der Waals surface area contributed by atoms with Crippen LogP contribution in [0.3, 0.4) is 0 Å². The minimum atomic E-state index is 0.319. The van der Waals surface area contributed by atoms with Gasteiger partial charge in [-0.3, -0.25) is 4.90 Å². The first-order valence-corrected chi connectivity index (χ1v) is 7.54. The van der Waals surface area contributed by atoms with Crippen molar-refractivity contribution in [2.24, 2.45) is 5.41 Å². The molecule has 0 atom stereocenters. The van der Waals surface area contributed by atoms with Crippen LogP contribution in [0.15, 0.2) is 30.3 Å². The Labute approximate surface area is 119 Å². The zero-order valence-electron chi connectivity index (χ0n) is 13.1. The number of benzene rings is 1. The summed E-state index contributed by atoms with van der Waals surface area (Å²) < 4.78 is 0. The Morgan fingerprint density at radius 3 is 2.37 bits per heavy atom. The third-order valence-electron chi connectivity index (χ3n) is 3.38. The van der Waals surface area contributed by atoms with Gasteiger partial charge in [-0.25, -0.2) is 0 Å². The largest absolute Gasteiger partial charge is 0.316 e. The predicted octanol–water partition coefficient (Wildman–Crippen LogP) is 3.53. The molecule has 108 valence electrons. The lowest BCUT2D eigenvalue weighted by Gasteiger charge is -2.32. The van der Waals surface area contributed by atoms with Crippen molar-refractivity contribution in [3.8, 4) is 0 Å². The standard InChI is InChI=1S/C17H30N2/c1-5-12-18-14-17(3,4)15-19(6-2)13-16-10-8-7-9-11-16/h7-11,18H,5-6,12-15H2,1-4H3. The van der Waals surface area contributed by atoms with E-state index < -0.39 is 0 Å². The normalized spacial score (nSPS) is 12.1. The third-order valence-corrected chi connectivity index (χ3v) is 3.38. The second kappa shape index (κ2) is 8.34. The van der Waals surface area contributed by atoms with Gasteiger partial charge in [0.2, 0.25) is 0 Å². The van der Waals surface area contributed by atoms with E-state index in [4.69, 9.17) is 0 Å². The third kappa shape index (κ3) is 6.74. The fraction of sp³-hybridized carbons (Fsp3) is 0.647. The maximum Gasteiger partial charge on any atom is 0.0233 e. The second-order valence-electron chi connectivity index (χ2n) is 6.13. The van der Waals surface area contributed by atoms with Gasteiger partial charge < -0.3 is 5.32 Å². The maximum atomic E-state index is 3.54. The second-order valence-corrected chi connectivity index (χ2v) is 6.13. The lowest BCUT2D eigenvalue weighted by atomic mass is 9.92. The molecule has 0 aliphatic heterocycles. The van der Waals surface area contributed by atoms with Crippen LogP contribution in [-0.4, -0.2) is 31.1 Å².